The molecule has 0 aliphatic carbocycles. The van der Waals surface area contributed by atoms with Crippen molar-refractivity contribution in [3.63, 3.8) is 0 Å². The van der Waals surface area contributed by atoms with Crippen LogP contribution in [0.25, 0.3) is 0 Å². The molecule has 0 bridgehead atoms. The Labute approximate surface area is 130 Å². The van der Waals surface area contributed by atoms with Crippen molar-refractivity contribution in [3.05, 3.63) is 40.9 Å². The van der Waals surface area contributed by atoms with Crippen LogP contribution in [0.1, 0.15) is 33.1 Å². The normalized spacial score (nSPS) is 12.4. The van der Waals surface area contributed by atoms with Crippen molar-refractivity contribution in [1.82, 2.24) is 5.32 Å². The van der Waals surface area contributed by atoms with E-state index >= 15 is 0 Å². The van der Waals surface area contributed by atoms with Gasteiger partial charge in [0.25, 0.3) is 0 Å². The van der Waals surface area contributed by atoms with Crippen molar-refractivity contribution in [1.29, 1.82) is 0 Å². The highest BCUT2D eigenvalue weighted by molar-refractivity contribution is 9.10. The summed E-state index contributed by atoms with van der Waals surface area (Å²) in [7, 11) is 0. The molecule has 0 saturated carbocycles. The van der Waals surface area contributed by atoms with Gasteiger partial charge < -0.3 is 5.32 Å². The Morgan fingerprint density at radius 3 is 2.74 bits per heavy atom. The second-order valence-electron chi connectivity index (χ2n) is 4.70. The molecule has 1 aromatic rings. The van der Waals surface area contributed by atoms with Crippen molar-refractivity contribution in [2.75, 3.05) is 12.3 Å². The van der Waals surface area contributed by atoms with E-state index in [4.69, 9.17) is 0 Å². The molecule has 1 nitrogen and oxygen atoms in total. The van der Waals surface area contributed by atoms with Gasteiger partial charge in [-0.1, -0.05) is 38.1 Å². The van der Waals surface area contributed by atoms with E-state index in [9.17, 15) is 0 Å². The Morgan fingerprint density at radius 2 is 2.11 bits per heavy atom. The van der Waals surface area contributed by atoms with Gasteiger partial charge >= 0.3 is 0 Å². The van der Waals surface area contributed by atoms with Crippen molar-refractivity contribution < 1.29 is 0 Å². The lowest BCUT2D eigenvalue weighted by molar-refractivity contribution is 0.544. The standard InChI is InChI=1S/C16H24BrNS/c1-4-10-18-14(11-13(3)5-2)12-19-16-9-7-6-8-15(16)17/h6-9,14,18H,3-5,10-12H2,1-2H3. The van der Waals surface area contributed by atoms with E-state index in [1.165, 1.54) is 21.4 Å². The fourth-order valence-corrected chi connectivity index (χ4v) is 3.41. The molecular formula is C16H24BrNS. The lowest BCUT2D eigenvalue weighted by Gasteiger charge is -2.19. The minimum Gasteiger partial charge on any atom is -0.313 e. The van der Waals surface area contributed by atoms with E-state index < -0.39 is 0 Å². The van der Waals surface area contributed by atoms with Crippen molar-refractivity contribution in [3.8, 4) is 0 Å². The second kappa shape index (κ2) is 9.62. The molecule has 19 heavy (non-hydrogen) atoms. The number of nitrogens with one attached hydrogen (secondary N) is 1. The first kappa shape index (κ1) is 16.8. The van der Waals surface area contributed by atoms with Crippen LogP contribution in [0.3, 0.4) is 0 Å². The van der Waals surface area contributed by atoms with E-state index in [1.54, 1.807) is 0 Å². The first-order chi connectivity index (χ1) is 9.17. The van der Waals surface area contributed by atoms with Crippen LogP contribution in [0, 0.1) is 0 Å². The molecule has 0 spiro atoms. The van der Waals surface area contributed by atoms with E-state index in [0.717, 1.165) is 25.1 Å². The number of rotatable bonds is 9. The van der Waals surface area contributed by atoms with Crippen LogP contribution in [0.5, 0.6) is 0 Å². The molecule has 0 amide bonds. The monoisotopic (exact) mass is 341 g/mol. The summed E-state index contributed by atoms with van der Waals surface area (Å²) in [6, 6.07) is 8.93. The quantitative estimate of drug-likeness (QED) is 0.485. The minimum absolute atomic E-state index is 0.518. The van der Waals surface area contributed by atoms with Gasteiger partial charge in [0, 0.05) is 21.2 Å². The van der Waals surface area contributed by atoms with Crippen molar-refractivity contribution >= 4 is 27.7 Å². The summed E-state index contributed by atoms with van der Waals surface area (Å²) >= 11 is 5.51. The predicted molar refractivity (Wildman–Crippen MR) is 91.0 cm³/mol. The van der Waals surface area contributed by atoms with E-state index in [0.29, 0.717) is 6.04 Å². The van der Waals surface area contributed by atoms with E-state index in [1.807, 2.05) is 11.8 Å². The Balaban J connectivity index is 2.52. The maximum atomic E-state index is 4.14. The molecule has 0 aliphatic heterocycles. The maximum absolute atomic E-state index is 4.14. The highest BCUT2D eigenvalue weighted by Crippen LogP contribution is 2.28. The average molecular weight is 342 g/mol. The van der Waals surface area contributed by atoms with Crippen LogP contribution in [0.4, 0.5) is 0 Å². The number of hydrogen-bond donors (Lipinski definition) is 1. The molecule has 1 rings (SSSR count). The SMILES string of the molecule is C=C(CC)CC(CSc1ccccc1Br)NCCC. The molecule has 0 saturated heterocycles. The molecule has 0 aliphatic rings. The molecule has 0 aromatic heterocycles. The summed E-state index contributed by atoms with van der Waals surface area (Å²) in [5.41, 5.74) is 1.33. The number of hydrogen-bond acceptors (Lipinski definition) is 2. The molecule has 1 N–H and O–H groups in total. The van der Waals surface area contributed by atoms with Gasteiger partial charge in [0.2, 0.25) is 0 Å². The van der Waals surface area contributed by atoms with Gasteiger partial charge in [0.1, 0.15) is 0 Å². The zero-order valence-corrected chi connectivity index (χ0v) is 14.3. The number of halogens is 1. The fraction of sp³-hybridized carbons (Fsp3) is 0.500. The third kappa shape index (κ3) is 6.64. The van der Waals surface area contributed by atoms with Crippen molar-refractivity contribution in [2.24, 2.45) is 0 Å². The number of thioether (sulfide) groups is 1. The van der Waals surface area contributed by atoms with Crippen LogP contribution in [0.15, 0.2) is 45.8 Å². The van der Waals surface area contributed by atoms with Gasteiger partial charge in [-0.15, -0.1) is 11.8 Å². The van der Waals surface area contributed by atoms with Crippen LogP contribution < -0.4 is 5.32 Å². The first-order valence-corrected chi connectivity index (χ1v) is 8.72. The molecule has 0 fully saturated rings. The highest BCUT2D eigenvalue weighted by atomic mass is 79.9. The van der Waals surface area contributed by atoms with Crippen LogP contribution in [-0.2, 0) is 0 Å². The van der Waals surface area contributed by atoms with E-state index in [-0.39, 0.29) is 0 Å². The summed E-state index contributed by atoms with van der Waals surface area (Å²) in [6.45, 7) is 9.61. The predicted octanol–water partition coefficient (Wildman–Crippen LogP) is 5.27. The van der Waals surface area contributed by atoms with Gasteiger partial charge in [-0.2, -0.15) is 0 Å². The van der Waals surface area contributed by atoms with Gasteiger partial charge in [-0.25, -0.2) is 0 Å². The average Bonchev–Trinajstić information content (AvgIpc) is 2.43. The van der Waals surface area contributed by atoms with E-state index in [2.05, 4.69) is 65.9 Å². The third-order valence-electron chi connectivity index (χ3n) is 2.99. The maximum Gasteiger partial charge on any atom is 0.0311 e. The molecular weight excluding hydrogens is 318 g/mol. The fourth-order valence-electron chi connectivity index (χ4n) is 1.78. The summed E-state index contributed by atoms with van der Waals surface area (Å²) in [5.74, 6) is 1.08. The lowest BCUT2D eigenvalue weighted by Crippen LogP contribution is -2.32. The van der Waals surface area contributed by atoms with Gasteiger partial charge in [-0.3, -0.25) is 0 Å². The molecule has 0 radical (unpaired) electrons. The Morgan fingerprint density at radius 1 is 1.37 bits per heavy atom. The third-order valence-corrected chi connectivity index (χ3v) is 5.18. The van der Waals surface area contributed by atoms with Gasteiger partial charge in [0.15, 0.2) is 0 Å². The Bertz CT molecular complexity index is 392. The number of benzene rings is 1. The zero-order valence-electron chi connectivity index (χ0n) is 11.9. The second-order valence-corrected chi connectivity index (χ2v) is 6.62. The minimum atomic E-state index is 0.518. The topological polar surface area (TPSA) is 12.0 Å². The molecule has 1 atom stereocenters. The molecule has 0 heterocycles. The molecule has 1 unspecified atom stereocenters. The first-order valence-electron chi connectivity index (χ1n) is 6.94. The van der Waals surface area contributed by atoms with Gasteiger partial charge in [0.05, 0.1) is 0 Å². The zero-order chi connectivity index (χ0) is 14.1. The van der Waals surface area contributed by atoms with Crippen LogP contribution in [0.2, 0.25) is 0 Å². The molecule has 106 valence electrons. The smallest absolute Gasteiger partial charge is 0.0311 e. The Hall–Kier alpha value is -0.250. The van der Waals surface area contributed by atoms with Crippen molar-refractivity contribution in [2.45, 2.75) is 44.0 Å². The Kier molecular flexibility index (Phi) is 8.51. The van der Waals surface area contributed by atoms with Gasteiger partial charge in [-0.05, 0) is 53.9 Å². The van der Waals surface area contributed by atoms with Crippen LogP contribution >= 0.6 is 27.7 Å². The summed E-state index contributed by atoms with van der Waals surface area (Å²) in [6.07, 6.45) is 3.33. The molecule has 3 heteroatoms. The molecule has 1 aromatic carbocycles. The summed E-state index contributed by atoms with van der Waals surface area (Å²) < 4.78 is 1.18. The highest BCUT2D eigenvalue weighted by Gasteiger charge is 2.10. The van der Waals surface area contributed by atoms with Crippen LogP contribution in [-0.4, -0.2) is 18.3 Å². The summed E-state index contributed by atoms with van der Waals surface area (Å²) in [4.78, 5) is 1.31. The summed E-state index contributed by atoms with van der Waals surface area (Å²) in [5, 5.41) is 3.63. The lowest BCUT2D eigenvalue weighted by atomic mass is 10.1. The largest absolute Gasteiger partial charge is 0.313 e.